The zero-order chi connectivity index (χ0) is 6.53. The number of hydrogen-bond donors (Lipinski definition) is 0. The summed E-state index contributed by atoms with van der Waals surface area (Å²) in [6.07, 6.45) is 0. The first-order valence-corrected chi connectivity index (χ1v) is 4.10. The van der Waals surface area contributed by atoms with Crippen LogP contribution in [-0.4, -0.2) is 5.75 Å². The van der Waals surface area contributed by atoms with Crippen molar-refractivity contribution in [3.63, 3.8) is 0 Å². The van der Waals surface area contributed by atoms with Gasteiger partial charge in [-0.1, -0.05) is 25.1 Å². The molecule has 2 heteroatoms. The second-order valence-electron chi connectivity index (χ2n) is 1.75. The molecule has 0 spiro atoms. The lowest BCUT2D eigenvalue weighted by atomic mass is 10.4. The van der Waals surface area contributed by atoms with Crippen LogP contribution in [-0.2, 0) is 0 Å². The van der Waals surface area contributed by atoms with Crippen LogP contribution < -0.4 is 0 Å². The molecule has 0 aliphatic heterocycles. The minimum atomic E-state index is 0. The fraction of sp³-hybridized carbons (Fsp3) is 0.250. The average Bonchev–Trinajstić information content (AvgIpc) is 1.91. The van der Waals surface area contributed by atoms with E-state index in [2.05, 4.69) is 31.2 Å². The number of rotatable bonds is 2. The summed E-state index contributed by atoms with van der Waals surface area (Å²) in [5, 5.41) is 0. The minimum Gasteiger partial charge on any atom is -0.197 e. The van der Waals surface area contributed by atoms with Gasteiger partial charge in [0.15, 0.2) is 0 Å². The summed E-state index contributed by atoms with van der Waals surface area (Å²) in [5.74, 6) is 1.16. The Hall–Kier alpha value is -0.0800. The molecule has 0 bridgehead atoms. The highest BCUT2D eigenvalue weighted by Crippen LogP contribution is 2.15. The Morgan fingerprint density at radius 1 is 1.20 bits per heavy atom. The predicted octanol–water partition coefficient (Wildman–Crippen LogP) is 2.91. The highest BCUT2D eigenvalue weighted by Gasteiger charge is 1.84. The van der Waals surface area contributed by atoms with Gasteiger partial charge in [-0.25, -0.2) is 0 Å². The zero-order valence-electron chi connectivity index (χ0n) is 6.00. The Morgan fingerprint density at radius 2 is 1.80 bits per heavy atom. The van der Waals surface area contributed by atoms with Crippen LogP contribution in [0.15, 0.2) is 35.2 Å². The number of hydrogen-bond acceptors (Lipinski definition) is 1. The fourth-order valence-electron chi connectivity index (χ4n) is 0.683. The molecule has 0 amide bonds. The molecular weight excluding hydrogens is 160 g/mol. The van der Waals surface area contributed by atoms with Crippen molar-refractivity contribution in [1.29, 1.82) is 0 Å². The van der Waals surface area contributed by atoms with Crippen molar-refractivity contribution >= 4 is 25.3 Å². The first-order chi connectivity index (χ1) is 4.43. The summed E-state index contributed by atoms with van der Waals surface area (Å²) in [4.78, 5) is 1.36. The van der Waals surface area contributed by atoms with Gasteiger partial charge in [0, 0.05) is 4.90 Å². The van der Waals surface area contributed by atoms with Crippen molar-refractivity contribution in [2.45, 2.75) is 11.8 Å². The molecule has 0 saturated carbocycles. The predicted molar refractivity (Wildman–Crippen MR) is 53.2 cm³/mol. The van der Waals surface area contributed by atoms with Gasteiger partial charge in [0.1, 0.15) is 0 Å². The lowest BCUT2D eigenvalue weighted by Gasteiger charge is -1.93. The van der Waals surface area contributed by atoms with Gasteiger partial charge in [-0.3, -0.25) is 0 Å². The molecule has 1 rings (SSSR count). The van der Waals surface area contributed by atoms with E-state index in [0.29, 0.717) is 0 Å². The maximum Gasteiger partial charge on any atom is 0.00718 e. The van der Waals surface area contributed by atoms with E-state index < -0.39 is 0 Å². The van der Waals surface area contributed by atoms with E-state index in [0.717, 1.165) is 5.75 Å². The molecular formula is C8H12S2. The van der Waals surface area contributed by atoms with Crippen molar-refractivity contribution in [2.75, 3.05) is 5.75 Å². The molecule has 1 aromatic rings. The highest BCUT2D eigenvalue weighted by molar-refractivity contribution is 7.99. The number of benzene rings is 1. The monoisotopic (exact) mass is 172 g/mol. The zero-order valence-corrected chi connectivity index (χ0v) is 7.82. The molecule has 0 atom stereocenters. The van der Waals surface area contributed by atoms with Crippen LogP contribution in [0.4, 0.5) is 0 Å². The minimum absolute atomic E-state index is 0. The highest BCUT2D eigenvalue weighted by atomic mass is 32.2. The van der Waals surface area contributed by atoms with E-state index in [1.165, 1.54) is 4.90 Å². The van der Waals surface area contributed by atoms with Crippen molar-refractivity contribution in [2.24, 2.45) is 0 Å². The maximum absolute atomic E-state index is 2.16. The SMILES string of the molecule is CCSc1ccccc1.S. The van der Waals surface area contributed by atoms with Gasteiger partial charge < -0.3 is 0 Å². The second-order valence-corrected chi connectivity index (χ2v) is 3.08. The number of thioether (sulfide) groups is 1. The molecule has 10 heavy (non-hydrogen) atoms. The van der Waals surface area contributed by atoms with Gasteiger partial charge in [0.05, 0.1) is 0 Å². The summed E-state index contributed by atoms with van der Waals surface area (Å²) in [6.45, 7) is 2.16. The van der Waals surface area contributed by atoms with Crippen molar-refractivity contribution in [3.8, 4) is 0 Å². The Labute approximate surface area is 73.5 Å². The van der Waals surface area contributed by atoms with E-state index in [4.69, 9.17) is 0 Å². The molecule has 1 aromatic carbocycles. The topological polar surface area (TPSA) is 0 Å². The van der Waals surface area contributed by atoms with Crippen LogP contribution in [0.2, 0.25) is 0 Å². The van der Waals surface area contributed by atoms with Crippen molar-refractivity contribution in [3.05, 3.63) is 30.3 Å². The van der Waals surface area contributed by atoms with Crippen LogP contribution in [0.1, 0.15) is 6.92 Å². The summed E-state index contributed by atoms with van der Waals surface area (Å²) >= 11 is 1.88. The third-order valence-corrected chi connectivity index (χ3v) is 1.95. The maximum atomic E-state index is 2.16. The smallest absolute Gasteiger partial charge is 0.00718 e. The van der Waals surface area contributed by atoms with E-state index in [9.17, 15) is 0 Å². The van der Waals surface area contributed by atoms with Crippen LogP contribution in [0, 0.1) is 0 Å². The van der Waals surface area contributed by atoms with E-state index in [1.807, 2.05) is 17.8 Å². The summed E-state index contributed by atoms with van der Waals surface area (Å²) in [7, 11) is 0. The van der Waals surface area contributed by atoms with Gasteiger partial charge in [-0.05, 0) is 17.9 Å². The molecule has 0 aliphatic carbocycles. The fourth-order valence-corrected chi connectivity index (χ4v) is 1.37. The van der Waals surface area contributed by atoms with E-state index >= 15 is 0 Å². The third kappa shape index (κ3) is 3.18. The molecule has 0 unspecified atom stereocenters. The van der Waals surface area contributed by atoms with Crippen LogP contribution >= 0.6 is 25.3 Å². The second kappa shape index (κ2) is 5.69. The van der Waals surface area contributed by atoms with Gasteiger partial charge in [0.2, 0.25) is 0 Å². The first-order valence-electron chi connectivity index (χ1n) is 3.11. The Bertz CT molecular complexity index is 160. The molecule has 0 heterocycles. The summed E-state index contributed by atoms with van der Waals surface area (Å²) in [6, 6.07) is 10.4. The Balaban J connectivity index is 0.000000810. The largest absolute Gasteiger partial charge is 0.197 e. The molecule has 0 radical (unpaired) electrons. The molecule has 0 fully saturated rings. The molecule has 0 aromatic heterocycles. The van der Waals surface area contributed by atoms with Crippen molar-refractivity contribution in [1.82, 2.24) is 0 Å². The van der Waals surface area contributed by atoms with Crippen LogP contribution in [0.25, 0.3) is 0 Å². The summed E-state index contributed by atoms with van der Waals surface area (Å²) in [5.41, 5.74) is 0. The van der Waals surface area contributed by atoms with Crippen LogP contribution in [0.5, 0.6) is 0 Å². The molecule has 0 N–H and O–H groups in total. The van der Waals surface area contributed by atoms with Crippen LogP contribution in [0.3, 0.4) is 0 Å². The first kappa shape index (κ1) is 9.92. The lowest BCUT2D eigenvalue weighted by Crippen LogP contribution is -1.68. The average molecular weight is 172 g/mol. The van der Waals surface area contributed by atoms with Gasteiger partial charge in [0.25, 0.3) is 0 Å². The quantitative estimate of drug-likeness (QED) is 0.618. The van der Waals surface area contributed by atoms with E-state index in [-0.39, 0.29) is 13.5 Å². The van der Waals surface area contributed by atoms with Gasteiger partial charge in [-0.2, -0.15) is 13.5 Å². The van der Waals surface area contributed by atoms with Gasteiger partial charge >= 0.3 is 0 Å². The standard InChI is InChI=1S/C8H10S.H2S/c1-2-9-8-6-4-3-5-7-8;/h3-7H,2H2,1H3;1H2. The Kier molecular flexibility index (Phi) is 5.64. The normalized spacial score (nSPS) is 8.50. The van der Waals surface area contributed by atoms with Gasteiger partial charge in [-0.15, -0.1) is 11.8 Å². The third-order valence-electron chi connectivity index (χ3n) is 1.05. The van der Waals surface area contributed by atoms with E-state index in [1.54, 1.807) is 0 Å². The summed E-state index contributed by atoms with van der Waals surface area (Å²) < 4.78 is 0. The Morgan fingerprint density at radius 3 is 2.30 bits per heavy atom. The molecule has 0 aliphatic rings. The molecule has 0 saturated heterocycles. The lowest BCUT2D eigenvalue weighted by molar-refractivity contribution is 1.43. The van der Waals surface area contributed by atoms with Crippen molar-refractivity contribution < 1.29 is 0 Å². The molecule has 56 valence electrons. The molecule has 0 nitrogen and oxygen atoms in total.